The van der Waals surface area contributed by atoms with Crippen LogP contribution in [0.4, 0.5) is 10.6 Å². The Kier molecular flexibility index (Phi) is 5.39. The first-order valence-corrected chi connectivity index (χ1v) is 8.19. The number of carbonyl (C=O) groups excluding carboxylic acids is 1. The monoisotopic (exact) mass is 343 g/mol. The van der Waals surface area contributed by atoms with E-state index in [1.54, 1.807) is 24.7 Å². The lowest BCUT2D eigenvalue weighted by Gasteiger charge is -2.25. The quantitative estimate of drug-likeness (QED) is 0.876. The van der Waals surface area contributed by atoms with Gasteiger partial charge in [0.2, 0.25) is 0 Å². The highest BCUT2D eigenvalue weighted by Gasteiger charge is 2.21. The molecule has 2 aromatic heterocycles. The van der Waals surface area contributed by atoms with Crippen LogP contribution in [-0.4, -0.2) is 40.3 Å². The van der Waals surface area contributed by atoms with Crippen molar-refractivity contribution >= 4 is 11.9 Å². The van der Waals surface area contributed by atoms with Crippen LogP contribution < -0.4 is 15.8 Å². The molecule has 0 aliphatic heterocycles. The molecule has 1 saturated carbocycles. The van der Waals surface area contributed by atoms with E-state index in [4.69, 9.17) is 15.2 Å². The van der Waals surface area contributed by atoms with Gasteiger partial charge in [0.25, 0.3) is 0 Å². The maximum absolute atomic E-state index is 11.9. The van der Waals surface area contributed by atoms with Crippen LogP contribution in [0.2, 0.25) is 0 Å². The van der Waals surface area contributed by atoms with Gasteiger partial charge in [-0.2, -0.15) is 0 Å². The maximum atomic E-state index is 11.9. The van der Waals surface area contributed by atoms with Crippen LogP contribution in [0.25, 0.3) is 11.1 Å². The molecule has 8 nitrogen and oxygen atoms in total. The summed E-state index contributed by atoms with van der Waals surface area (Å²) < 4.78 is 10.3. The molecule has 3 N–H and O–H groups in total. The molecule has 25 heavy (non-hydrogen) atoms. The van der Waals surface area contributed by atoms with Crippen LogP contribution in [0.15, 0.2) is 30.7 Å². The Labute approximate surface area is 145 Å². The summed E-state index contributed by atoms with van der Waals surface area (Å²) in [5, 5.41) is 2.64. The summed E-state index contributed by atoms with van der Waals surface area (Å²) in [6.45, 7) is 0. The van der Waals surface area contributed by atoms with Crippen LogP contribution in [0.5, 0.6) is 6.01 Å². The fourth-order valence-electron chi connectivity index (χ4n) is 2.70. The second kappa shape index (κ2) is 7.89. The van der Waals surface area contributed by atoms with Gasteiger partial charge in [0.15, 0.2) is 0 Å². The van der Waals surface area contributed by atoms with E-state index < -0.39 is 6.09 Å². The zero-order valence-corrected chi connectivity index (χ0v) is 14.0. The fraction of sp³-hybridized carbons (Fsp3) is 0.412. The minimum Gasteiger partial charge on any atom is -0.467 e. The smallest absolute Gasteiger partial charge is 0.413 e. The molecule has 2 heterocycles. The average Bonchev–Trinajstić information content (AvgIpc) is 2.64. The predicted molar refractivity (Wildman–Crippen MR) is 92.2 cm³/mol. The third-order valence-electron chi connectivity index (χ3n) is 4.13. The number of amides is 1. The van der Waals surface area contributed by atoms with Crippen LogP contribution in [-0.2, 0) is 4.74 Å². The van der Waals surface area contributed by atoms with Gasteiger partial charge in [-0.15, -0.1) is 0 Å². The Morgan fingerprint density at radius 1 is 1.08 bits per heavy atom. The van der Waals surface area contributed by atoms with Crippen LogP contribution >= 0.6 is 0 Å². The van der Waals surface area contributed by atoms with Gasteiger partial charge in [0.1, 0.15) is 11.9 Å². The number of carbonyl (C=O) groups is 1. The van der Waals surface area contributed by atoms with E-state index in [1.807, 2.05) is 6.07 Å². The zero-order chi connectivity index (χ0) is 17.6. The molecule has 0 spiro atoms. The molecule has 0 saturated heterocycles. The van der Waals surface area contributed by atoms with E-state index in [1.165, 1.54) is 7.11 Å². The topological polar surface area (TPSA) is 112 Å². The van der Waals surface area contributed by atoms with Gasteiger partial charge >= 0.3 is 12.1 Å². The van der Waals surface area contributed by atoms with Crippen molar-refractivity contribution in [1.29, 1.82) is 0 Å². The molecule has 2 aromatic rings. The number of rotatable bonds is 4. The molecule has 1 amide bonds. The normalized spacial score (nSPS) is 19.9. The lowest BCUT2D eigenvalue weighted by atomic mass is 9.94. The molecule has 1 aliphatic carbocycles. The number of nitrogens with zero attached hydrogens (tertiary/aromatic N) is 3. The molecule has 132 valence electrons. The number of methoxy groups -OCH3 is 1. The van der Waals surface area contributed by atoms with Crippen molar-refractivity contribution < 1.29 is 14.3 Å². The number of aromatic nitrogens is 3. The van der Waals surface area contributed by atoms with Gasteiger partial charge in [-0.05, 0) is 37.8 Å². The van der Waals surface area contributed by atoms with E-state index in [2.05, 4.69) is 20.3 Å². The van der Waals surface area contributed by atoms with Gasteiger partial charge in [0.05, 0.1) is 7.11 Å². The first-order valence-electron chi connectivity index (χ1n) is 8.19. The van der Waals surface area contributed by atoms with Gasteiger partial charge in [-0.25, -0.2) is 19.7 Å². The lowest BCUT2D eigenvalue weighted by Crippen LogP contribution is -2.32. The molecule has 0 unspecified atom stereocenters. The molecule has 0 aromatic carbocycles. The molecule has 1 fully saturated rings. The number of anilines is 1. The first kappa shape index (κ1) is 17.1. The molecule has 0 atom stereocenters. The summed E-state index contributed by atoms with van der Waals surface area (Å²) in [4.78, 5) is 24.3. The van der Waals surface area contributed by atoms with E-state index in [-0.39, 0.29) is 12.1 Å². The Hall–Kier alpha value is -2.74. The summed E-state index contributed by atoms with van der Waals surface area (Å²) in [6.07, 6.45) is 7.75. The predicted octanol–water partition coefficient (Wildman–Crippen LogP) is 2.37. The largest absolute Gasteiger partial charge is 0.467 e. The number of hydrogen-bond acceptors (Lipinski definition) is 7. The molecular formula is C17H21N5O3. The van der Waals surface area contributed by atoms with Crippen LogP contribution in [0, 0.1) is 0 Å². The number of nitrogens with two attached hydrogens (primary N) is 1. The standard InChI is InChI=1S/C17H21N5O3/c1-24-16-20-9-12(10-21-16)11-2-7-15(19-8-11)22-17(23)25-14-5-3-13(18)4-6-14/h2,7-10,13-14H,3-6,18H2,1H3,(H,19,22,23)/t13-,14-. The Bertz CT molecular complexity index is 697. The molecular weight excluding hydrogens is 322 g/mol. The summed E-state index contributed by atoms with van der Waals surface area (Å²) in [7, 11) is 1.51. The average molecular weight is 343 g/mol. The Balaban J connectivity index is 1.55. The minimum absolute atomic E-state index is 0.0736. The van der Waals surface area contributed by atoms with Crippen molar-refractivity contribution in [2.45, 2.75) is 37.8 Å². The van der Waals surface area contributed by atoms with Crippen LogP contribution in [0.3, 0.4) is 0 Å². The third-order valence-corrected chi connectivity index (χ3v) is 4.13. The molecule has 1 aliphatic rings. The Morgan fingerprint density at radius 2 is 1.76 bits per heavy atom. The van der Waals surface area contributed by atoms with E-state index in [0.717, 1.165) is 36.8 Å². The first-order chi connectivity index (χ1) is 12.1. The van der Waals surface area contributed by atoms with Crippen molar-refractivity contribution in [3.8, 4) is 17.1 Å². The summed E-state index contributed by atoms with van der Waals surface area (Å²) >= 11 is 0. The van der Waals surface area contributed by atoms with E-state index in [0.29, 0.717) is 11.8 Å². The Morgan fingerprint density at radius 3 is 2.36 bits per heavy atom. The minimum atomic E-state index is -0.492. The van der Waals surface area contributed by atoms with Crippen molar-refractivity contribution in [2.75, 3.05) is 12.4 Å². The van der Waals surface area contributed by atoms with Crippen molar-refractivity contribution in [3.63, 3.8) is 0 Å². The molecule has 3 rings (SSSR count). The highest BCUT2D eigenvalue weighted by molar-refractivity contribution is 5.83. The van der Waals surface area contributed by atoms with Crippen molar-refractivity contribution in [1.82, 2.24) is 15.0 Å². The number of nitrogens with one attached hydrogen (secondary N) is 1. The second-order valence-corrected chi connectivity index (χ2v) is 5.96. The number of hydrogen-bond donors (Lipinski definition) is 2. The zero-order valence-electron chi connectivity index (χ0n) is 14.0. The molecule has 0 bridgehead atoms. The summed E-state index contributed by atoms with van der Waals surface area (Å²) in [6, 6.07) is 4.06. The van der Waals surface area contributed by atoms with Gasteiger partial charge in [-0.1, -0.05) is 0 Å². The van der Waals surface area contributed by atoms with Crippen molar-refractivity contribution in [3.05, 3.63) is 30.7 Å². The number of pyridine rings is 1. The van der Waals surface area contributed by atoms with Crippen molar-refractivity contribution in [2.24, 2.45) is 5.73 Å². The highest BCUT2D eigenvalue weighted by atomic mass is 16.6. The maximum Gasteiger partial charge on any atom is 0.413 e. The summed E-state index contributed by atoms with van der Waals surface area (Å²) in [5.74, 6) is 0.427. The molecule has 0 radical (unpaired) electrons. The second-order valence-electron chi connectivity index (χ2n) is 5.96. The fourth-order valence-corrected chi connectivity index (χ4v) is 2.70. The number of ether oxygens (including phenoxy) is 2. The summed E-state index contributed by atoms with van der Waals surface area (Å²) in [5.41, 5.74) is 7.49. The third kappa shape index (κ3) is 4.63. The highest BCUT2D eigenvalue weighted by Crippen LogP contribution is 2.21. The SMILES string of the molecule is COc1ncc(-c2ccc(NC(=O)O[C@H]3CC[C@H](N)CC3)nc2)cn1. The van der Waals surface area contributed by atoms with E-state index in [9.17, 15) is 4.79 Å². The van der Waals surface area contributed by atoms with Gasteiger partial charge < -0.3 is 15.2 Å². The van der Waals surface area contributed by atoms with Gasteiger partial charge in [0, 0.05) is 35.8 Å². The van der Waals surface area contributed by atoms with E-state index >= 15 is 0 Å². The van der Waals surface area contributed by atoms with Gasteiger partial charge in [-0.3, -0.25) is 5.32 Å². The molecule has 8 heteroatoms. The van der Waals surface area contributed by atoms with Crippen LogP contribution in [0.1, 0.15) is 25.7 Å². The lowest BCUT2D eigenvalue weighted by molar-refractivity contribution is 0.0826.